The van der Waals surface area contributed by atoms with Gasteiger partial charge in [0.25, 0.3) is 11.6 Å². The Morgan fingerprint density at radius 2 is 2.11 bits per heavy atom. The Balaban J connectivity index is 2.23. The van der Waals surface area contributed by atoms with Gasteiger partial charge in [-0.15, -0.1) is 0 Å². The fourth-order valence-corrected chi connectivity index (χ4v) is 1.58. The lowest BCUT2D eigenvalue weighted by molar-refractivity contribution is -0.385. The summed E-state index contributed by atoms with van der Waals surface area (Å²) in [7, 11) is 0. The normalized spacial score (nSPS) is 9.95. The maximum atomic E-state index is 11.8. The van der Waals surface area contributed by atoms with E-state index < -0.39 is 10.8 Å². The zero-order valence-corrected chi connectivity index (χ0v) is 10.2. The van der Waals surface area contributed by atoms with Gasteiger partial charge in [0, 0.05) is 23.5 Å². The van der Waals surface area contributed by atoms with Crippen molar-refractivity contribution < 1.29 is 9.72 Å². The second-order valence-electron chi connectivity index (χ2n) is 3.93. The number of nitrogens with one attached hydrogen (secondary N) is 1. The van der Waals surface area contributed by atoms with Crippen molar-refractivity contribution in [3.05, 3.63) is 64.0 Å². The lowest BCUT2D eigenvalue weighted by atomic mass is 10.2. The number of nitro benzene ring substituents is 1. The minimum atomic E-state index is -0.480. The number of aromatic nitrogens is 1. The van der Waals surface area contributed by atoms with Crippen molar-refractivity contribution in [2.75, 3.05) is 5.32 Å². The van der Waals surface area contributed by atoms with Crippen LogP contribution in [0.15, 0.2) is 42.6 Å². The topological polar surface area (TPSA) is 85.1 Å². The van der Waals surface area contributed by atoms with Gasteiger partial charge in [0.15, 0.2) is 0 Å². The van der Waals surface area contributed by atoms with E-state index in [4.69, 9.17) is 0 Å². The molecule has 2 rings (SSSR count). The van der Waals surface area contributed by atoms with Crippen LogP contribution in [0.4, 0.5) is 11.4 Å². The number of hydrogen-bond donors (Lipinski definition) is 1. The number of hydrogen-bond acceptors (Lipinski definition) is 4. The minimum Gasteiger partial charge on any atom is -0.320 e. The van der Waals surface area contributed by atoms with Gasteiger partial charge in [-0.25, -0.2) is 0 Å². The lowest BCUT2D eigenvalue weighted by Gasteiger charge is -2.05. The van der Waals surface area contributed by atoms with Gasteiger partial charge in [-0.05, 0) is 25.1 Å². The van der Waals surface area contributed by atoms with Crippen LogP contribution in [0, 0.1) is 17.0 Å². The van der Waals surface area contributed by atoms with Crippen molar-refractivity contribution >= 4 is 17.3 Å². The molecule has 0 fully saturated rings. The van der Waals surface area contributed by atoms with Crippen molar-refractivity contribution in [3.63, 3.8) is 0 Å². The van der Waals surface area contributed by atoms with Gasteiger partial charge in [0.2, 0.25) is 0 Å². The third kappa shape index (κ3) is 2.92. The monoisotopic (exact) mass is 257 g/mol. The largest absolute Gasteiger partial charge is 0.320 e. The highest BCUT2D eigenvalue weighted by molar-refractivity contribution is 6.02. The molecule has 0 atom stereocenters. The zero-order valence-electron chi connectivity index (χ0n) is 10.2. The highest BCUT2D eigenvalue weighted by atomic mass is 16.6. The highest BCUT2D eigenvalue weighted by Gasteiger charge is 2.13. The summed E-state index contributed by atoms with van der Waals surface area (Å²) in [6.45, 7) is 1.64. The van der Waals surface area contributed by atoms with Crippen LogP contribution in [0.5, 0.6) is 0 Å². The van der Waals surface area contributed by atoms with Crippen molar-refractivity contribution in [3.8, 4) is 0 Å². The predicted octanol–water partition coefficient (Wildman–Crippen LogP) is 2.55. The number of amides is 1. The Morgan fingerprint density at radius 1 is 1.32 bits per heavy atom. The summed E-state index contributed by atoms with van der Waals surface area (Å²) in [5.74, 6) is -0.404. The predicted molar refractivity (Wildman–Crippen MR) is 70.0 cm³/mol. The Hall–Kier alpha value is -2.76. The van der Waals surface area contributed by atoms with E-state index in [2.05, 4.69) is 10.3 Å². The van der Waals surface area contributed by atoms with Crippen molar-refractivity contribution in [2.24, 2.45) is 0 Å². The molecule has 0 aliphatic rings. The first-order chi connectivity index (χ1) is 9.08. The molecule has 0 aliphatic carbocycles. The maximum Gasteiger partial charge on any atom is 0.274 e. The third-order valence-corrected chi connectivity index (χ3v) is 2.56. The summed E-state index contributed by atoms with van der Waals surface area (Å²) in [6, 6.07) is 9.50. The molecule has 0 spiro atoms. The molecule has 2 aromatic rings. The standard InChI is InChI=1S/C13H11N3O3/c1-9-5-6-10(8-12(9)16(18)19)15-13(17)11-4-2-3-7-14-11/h2-8H,1H3,(H,15,17). The number of carbonyl (C=O) groups excluding carboxylic acids is 1. The molecule has 0 unspecified atom stereocenters. The first-order valence-electron chi connectivity index (χ1n) is 5.55. The van der Waals surface area contributed by atoms with Crippen LogP contribution in [0.1, 0.15) is 16.1 Å². The van der Waals surface area contributed by atoms with Crippen LogP contribution in [-0.2, 0) is 0 Å². The molecule has 1 heterocycles. The number of nitro groups is 1. The summed E-state index contributed by atoms with van der Waals surface area (Å²) in [6.07, 6.45) is 1.51. The maximum absolute atomic E-state index is 11.8. The quantitative estimate of drug-likeness (QED) is 0.676. The van der Waals surface area contributed by atoms with Gasteiger partial charge in [0.05, 0.1) is 4.92 Å². The number of nitrogens with zero attached hydrogens (tertiary/aromatic N) is 2. The Labute approximate surface area is 109 Å². The number of aryl methyl sites for hydroxylation is 1. The first kappa shape index (κ1) is 12.7. The molecule has 6 heteroatoms. The highest BCUT2D eigenvalue weighted by Crippen LogP contribution is 2.22. The van der Waals surface area contributed by atoms with Gasteiger partial charge in [-0.3, -0.25) is 19.9 Å². The number of benzene rings is 1. The molecule has 0 aliphatic heterocycles. The van der Waals surface area contributed by atoms with E-state index in [1.54, 1.807) is 37.3 Å². The lowest BCUT2D eigenvalue weighted by Crippen LogP contribution is -2.13. The molecule has 0 bridgehead atoms. The molecular weight excluding hydrogens is 246 g/mol. The SMILES string of the molecule is Cc1ccc(NC(=O)c2ccccn2)cc1[N+](=O)[O-]. The molecule has 0 saturated heterocycles. The summed E-state index contributed by atoms with van der Waals surface area (Å²) in [4.78, 5) is 26.1. The van der Waals surface area contributed by atoms with Crippen LogP contribution in [0.2, 0.25) is 0 Å². The fraction of sp³-hybridized carbons (Fsp3) is 0.0769. The molecule has 19 heavy (non-hydrogen) atoms. The van der Waals surface area contributed by atoms with Gasteiger partial charge in [-0.1, -0.05) is 12.1 Å². The van der Waals surface area contributed by atoms with E-state index >= 15 is 0 Å². The van der Waals surface area contributed by atoms with Crippen LogP contribution in [0.3, 0.4) is 0 Å². The molecular formula is C13H11N3O3. The average Bonchev–Trinajstić information content (AvgIpc) is 2.41. The number of carbonyl (C=O) groups is 1. The number of rotatable bonds is 3. The smallest absolute Gasteiger partial charge is 0.274 e. The van der Waals surface area contributed by atoms with E-state index in [0.717, 1.165) is 0 Å². The fourth-order valence-electron chi connectivity index (χ4n) is 1.58. The minimum absolute atomic E-state index is 0.0289. The van der Waals surface area contributed by atoms with Gasteiger partial charge in [-0.2, -0.15) is 0 Å². The molecule has 0 radical (unpaired) electrons. The van der Waals surface area contributed by atoms with Gasteiger partial charge in [0.1, 0.15) is 5.69 Å². The van der Waals surface area contributed by atoms with Crippen LogP contribution in [-0.4, -0.2) is 15.8 Å². The van der Waals surface area contributed by atoms with Gasteiger partial charge >= 0.3 is 0 Å². The van der Waals surface area contributed by atoms with Crippen LogP contribution in [0.25, 0.3) is 0 Å². The second kappa shape index (κ2) is 5.26. The number of anilines is 1. The van der Waals surface area contributed by atoms with Crippen LogP contribution >= 0.6 is 0 Å². The van der Waals surface area contributed by atoms with Crippen molar-refractivity contribution in [2.45, 2.75) is 6.92 Å². The van der Waals surface area contributed by atoms with E-state index in [-0.39, 0.29) is 11.4 Å². The molecule has 96 valence electrons. The van der Waals surface area contributed by atoms with E-state index in [9.17, 15) is 14.9 Å². The zero-order chi connectivity index (χ0) is 13.8. The molecule has 6 nitrogen and oxygen atoms in total. The summed E-state index contributed by atoms with van der Waals surface area (Å²) in [5.41, 5.74) is 1.14. The van der Waals surface area contributed by atoms with Crippen LogP contribution < -0.4 is 5.32 Å². The first-order valence-corrected chi connectivity index (χ1v) is 5.55. The Kier molecular flexibility index (Phi) is 3.51. The summed E-state index contributed by atoms with van der Waals surface area (Å²) in [5, 5.41) is 13.4. The Morgan fingerprint density at radius 3 is 2.74 bits per heavy atom. The van der Waals surface area contributed by atoms with E-state index in [1.165, 1.54) is 12.3 Å². The summed E-state index contributed by atoms with van der Waals surface area (Å²) < 4.78 is 0. The Bertz CT molecular complexity index is 626. The molecule has 1 aromatic carbocycles. The summed E-state index contributed by atoms with van der Waals surface area (Å²) >= 11 is 0. The average molecular weight is 257 g/mol. The second-order valence-corrected chi connectivity index (χ2v) is 3.93. The third-order valence-electron chi connectivity index (χ3n) is 2.56. The van der Waals surface area contributed by atoms with E-state index in [1.807, 2.05) is 0 Å². The van der Waals surface area contributed by atoms with Gasteiger partial charge < -0.3 is 5.32 Å². The molecule has 1 amide bonds. The van der Waals surface area contributed by atoms with E-state index in [0.29, 0.717) is 11.3 Å². The van der Waals surface area contributed by atoms with Crippen molar-refractivity contribution in [1.82, 2.24) is 4.98 Å². The molecule has 0 saturated carbocycles. The molecule has 1 aromatic heterocycles. The molecule has 1 N–H and O–H groups in total. The van der Waals surface area contributed by atoms with Crippen molar-refractivity contribution in [1.29, 1.82) is 0 Å². The number of pyridine rings is 1.